The summed E-state index contributed by atoms with van der Waals surface area (Å²) in [6, 6.07) is 4.84. The van der Waals surface area contributed by atoms with E-state index >= 15 is 4.39 Å². The molecule has 3 aromatic rings. The molecule has 0 spiro atoms. The number of rotatable bonds is 8. The van der Waals surface area contributed by atoms with Gasteiger partial charge in [0.15, 0.2) is 11.6 Å². The highest BCUT2D eigenvalue weighted by Crippen LogP contribution is 2.37. The monoisotopic (exact) mass is 534 g/mol. The molecular weight excluding hydrogens is 508 g/mol. The first-order valence-corrected chi connectivity index (χ1v) is 12.2. The zero-order valence-corrected chi connectivity index (χ0v) is 20.2. The average Bonchev–Trinajstić information content (AvgIpc) is 3.58. The van der Waals surface area contributed by atoms with Crippen molar-refractivity contribution in [1.82, 2.24) is 30.3 Å². The number of aromatic amines is 1. The van der Waals surface area contributed by atoms with E-state index in [-0.39, 0.29) is 30.8 Å². The maximum atomic E-state index is 15.7. The van der Waals surface area contributed by atoms with Crippen LogP contribution in [0.15, 0.2) is 36.8 Å². The fraction of sp³-hybridized carbons (Fsp3) is 0.458. The molecule has 202 valence electrons. The zero-order chi connectivity index (χ0) is 26.9. The van der Waals surface area contributed by atoms with E-state index in [0.29, 0.717) is 37.2 Å². The Labute approximate surface area is 215 Å². The summed E-state index contributed by atoms with van der Waals surface area (Å²) in [5.74, 6) is -0.609. The van der Waals surface area contributed by atoms with Crippen molar-refractivity contribution < 1.29 is 27.5 Å². The highest BCUT2D eigenvalue weighted by molar-refractivity contribution is 5.65. The van der Waals surface area contributed by atoms with Crippen LogP contribution in [0.2, 0.25) is 0 Å². The van der Waals surface area contributed by atoms with Crippen LogP contribution >= 0.6 is 0 Å². The molecule has 0 radical (unpaired) electrons. The quantitative estimate of drug-likeness (QED) is 0.370. The number of alkyl halides is 3. The lowest BCUT2D eigenvalue weighted by molar-refractivity contribution is -0.137. The number of nitrogens with one attached hydrogen (secondary N) is 2. The average molecular weight is 535 g/mol. The number of aromatic nitrogens is 5. The number of hydrogen-bond acceptors (Lipinski definition) is 7. The molecule has 1 amide bonds. The zero-order valence-electron chi connectivity index (χ0n) is 20.2. The molecule has 38 heavy (non-hydrogen) atoms. The Kier molecular flexibility index (Phi) is 6.80. The van der Waals surface area contributed by atoms with Crippen LogP contribution in [0.5, 0.6) is 0 Å². The molecule has 3 N–H and O–H groups in total. The van der Waals surface area contributed by atoms with Crippen molar-refractivity contribution in [3.63, 3.8) is 0 Å². The van der Waals surface area contributed by atoms with Gasteiger partial charge in [0.25, 0.3) is 0 Å². The number of anilines is 2. The third kappa shape index (κ3) is 5.34. The van der Waals surface area contributed by atoms with Gasteiger partial charge >= 0.3 is 12.3 Å². The van der Waals surface area contributed by atoms with Gasteiger partial charge in [0.05, 0.1) is 17.5 Å². The lowest BCUT2D eigenvalue weighted by Gasteiger charge is -2.39. The van der Waals surface area contributed by atoms with Crippen molar-refractivity contribution in [2.45, 2.75) is 49.9 Å². The number of hydrogen-bond donors (Lipinski definition) is 3. The Hall–Kier alpha value is -3.97. The Morgan fingerprint density at radius 1 is 1.18 bits per heavy atom. The van der Waals surface area contributed by atoms with Gasteiger partial charge < -0.3 is 20.2 Å². The van der Waals surface area contributed by atoms with Gasteiger partial charge in [0.2, 0.25) is 5.82 Å². The van der Waals surface area contributed by atoms with E-state index in [2.05, 4.69) is 30.7 Å². The Morgan fingerprint density at radius 2 is 1.89 bits per heavy atom. The summed E-state index contributed by atoms with van der Waals surface area (Å²) in [5, 5.41) is 23.1. The summed E-state index contributed by atoms with van der Waals surface area (Å²) in [4.78, 5) is 22.7. The Balaban J connectivity index is 1.34. The highest BCUT2D eigenvalue weighted by Gasteiger charge is 2.40. The maximum absolute atomic E-state index is 15.7. The van der Waals surface area contributed by atoms with E-state index in [1.807, 2.05) is 0 Å². The van der Waals surface area contributed by atoms with Gasteiger partial charge in [-0.15, -0.1) is 0 Å². The molecule has 1 saturated carbocycles. The summed E-state index contributed by atoms with van der Waals surface area (Å²) < 4.78 is 54.5. The molecule has 10 nitrogen and oxygen atoms in total. The van der Waals surface area contributed by atoms with Gasteiger partial charge in [0.1, 0.15) is 6.33 Å². The first kappa shape index (κ1) is 25.7. The summed E-state index contributed by atoms with van der Waals surface area (Å²) in [6.45, 7) is 1.03. The summed E-state index contributed by atoms with van der Waals surface area (Å²) in [5.41, 5.74) is -0.0826. The van der Waals surface area contributed by atoms with E-state index in [1.54, 1.807) is 11.1 Å². The van der Waals surface area contributed by atoms with Crippen LogP contribution < -0.4 is 10.2 Å². The van der Waals surface area contributed by atoms with Crippen LogP contribution in [-0.2, 0) is 18.1 Å². The summed E-state index contributed by atoms with van der Waals surface area (Å²) >= 11 is 0. The number of nitrogens with zero attached hydrogens (tertiary/aromatic N) is 6. The number of carbonyl (C=O) groups is 1. The second-order valence-electron chi connectivity index (χ2n) is 9.67. The second kappa shape index (κ2) is 10.1. The number of halogens is 4. The molecule has 14 heteroatoms. The van der Waals surface area contributed by atoms with Gasteiger partial charge in [-0.3, -0.25) is 0 Å². The molecule has 0 atom stereocenters. The molecule has 3 heterocycles. The molecule has 1 aromatic carbocycles. The van der Waals surface area contributed by atoms with Crippen molar-refractivity contribution in [2.75, 3.05) is 29.9 Å². The number of likely N-dealkylation sites (tertiary alicyclic amines) is 1. The Morgan fingerprint density at radius 3 is 2.47 bits per heavy atom. The molecule has 1 aliphatic heterocycles. The highest BCUT2D eigenvalue weighted by atomic mass is 19.4. The fourth-order valence-corrected chi connectivity index (χ4v) is 4.80. The third-order valence-corrected chi connectivity index (χ3v) is 7.21. The van der Waals surface area contributed by atoms with Crippen LogP contribution in [0.4, 0.5) is 34.0 Å². The van der Waals surface area contributed by atoms with Crippen molar-refractivity contribution in [3.8, 4) is 0 Å². The fourth-order valence-electron chi connectivity index (χ4n) is 4.80. The molecular formula is C24H26F4N8O2. The number of piperidine rings is 1. The summed E-state index contributed by atoms with van der Waals surface area (Å²) in [7, 11) is 0. The van der Waals surface area contributed by atoms with Gasteiger partial charge in [-0.25, -0.2) is 14.8 Å². The molecule has 5 rings (SSSR count). The normalized spacial score (nSPS) is 17.3. The van der Waals surface area contributed by atoms with Crippen LogP contribution in [0, 0.1) is 5.82 Å². The van der Waals surface area contributed by atoms with Crippen molar-refractivity contribution >= 4 is 17.7 Å². The van der Waals surface area contributed by atoms with Crippen molar-refractivity contribution in [3.05, 3.63) is 59.4 Å². The van der Waals surface area contributed by atoms with Crippen LogP contribution in [-0.4, -0.2) is 67.2 Å². The van der Waals surface area contributed by atoms with Crippen molar-refractivity contribution in [1.29, 1.82) is 0 Å². The minimum atomic E-state index is -4.43. The molecule has 2 fully saturated rings. The number of H-pyrrole nitrogens is 1. The van der Waals surface area contributed by atoms with E-state index < -0.39 is 29.1 Å². The molecule has 0 unspecified atom stereocenters. The second-order valence-corrected chi connectivity index (χ2v) is 9.67. The van der Waals surface area contributed by atoms with Gasteiger partial charge in [0, 0.05) is 37.6 Å². The largest absolute Gasteiger partial charge is 0.465 e. The third-order valence-electron chi connectivity index (χ3n) is 7.21. The maximum Gasteiger partial charge on any atom is 0.416 e. The number of amides is 1. The van der Waals surface area contributed by atoms with E-state index in [9.17, 15) is 23.1 Å². The molecule has 0 bridgehead atoms. The molecule has 1 saturated heterocycles. The van der Waals surface area contributed by atoms with E-state index in [0.717, 1.165) is 25.0 Å². The lowest BCUT2D eigenvalue weighted by atomic mass is 9.75. The molecule has 1 aliphatic carbocycles. The molecule has 2 aliphatic rings. The van der Waals surface area contributed by atoms with Gasteiger partial charge in [-0.1, -0.05) is 12.1 Å². The number of carboxylic acid groups (broad SMARTS) is 1. The Bertz CT molecular complexity index is 1260. The topological polar surface area (TPSA) is 123 Å². The standard InChI is InChI=1S/C24H26F4N8O2/c25-19-20(29-13-23(18-11-32-34-33-18)7-9-35(10-8-23)22(37)38)30-14-31-21(19)36(17-5-6-17)12-15-1-3-16(4-2-15)24(26,27)28/h1-4,11,14,17H,5-10,12-13H2,(H,37,38)(H,29,30,31)(H,32,33,34). The smallest absolute Gasteiger partial charge is 0.416 e. The number of benzene rings is 1. The first-order chi connectivity index (χ1) is 18.2. The lowest BCUT2D eigenvalue weighted by Crippen LogP contribution is -2.48. The minimum absolute atomic E-state index is 0.0170. The van der Waals surface area contributed by atoms with Crippen molar-refractivity contribution in [2.24, 2.45) is 0 Å². The van der Waals surface area contributed by atoms with E-state index in [4.69, 9.17) is 0 Å². The molecule has 2 aromatic heterocycles. The minimum Gasteiger partial charge on any atom is -0.465 e. The van der Waals surface area contributed by atoms with Crippen LogP contribution in [0.25, 0.3) is 0 Å². The summed E-state index contributed by atoms with van der Waals surface area (Å²) in [6.07, 6.45) is -0.0313. The predicted octanol–water partition coefficient (Wildman–Crippen LogP) is 4.05. The SMILES string of the molecule is O=C(O)N1CCC(CNc2ncnc(N(Cc3ccc(C(F)(F)F)cc3)C3CC3)c2F)(c2cn[nH]n2)CC1. The van der Waals surface area contributed by atoms with Gasteiger partial charge in [-0.05, 0) is 43.4 Å². The van der Waals surface area contributed by atoms with E-state index in [1.165, 1.54) is 23.4 Å². The van der Waals surface area contributed by atoms with Gasteiger partial charge in [-0.2, -0.15) is 33.0 Å². The first-order valence-electron chi connectivity index (χ1n) is 12.2. The van der Waals surface area contributed by atoms with Crippen LogP contribution in [0.1, 0.15) is 42.5 Å². The predicted molar refractivity (Wildman–Crippen MR) is 128 cm³/mol. The van der Waals surface area contributed by atoms with Crippen LogP contribution in [0.3, 0.4) is 0 Å².